The first kappa shape index (κ1) is 12.7. The molecule has 0 radical (unpaired) electrons. The maximum absolute atomic E-state index is 11.0. The number of carbonyl (C=O) groups excluding carboxylic acids is 1. The van der Waals surface area contributed by atoms with Crippen LogP contribution < -0.4 is 5.32 Å². The third kappa shape index (κ3) is 4.02. The number of nitrogens with one attached hydrogen (secondary N) is 1. The van der Waals surface area contributed by atoms with Crippen LogP contribution in [0.1, 0.15) is 20.3 Å². The summed E-state index contributed by atoms with van der Waals surface area (Å²) < 4.78 is 0. The molecule has 1 N–H and O–H groups in total. The Kier molecular flexibility index (Phi) is 4.98. The minimum atomic E-state index is -0.508. The molecule has 0 saturated heterocycles. The molecule has 0 bridgehead atoms. The molecule has 0 fully saturated rings. The van der Waals surface area contributed by atoms with Gasteiger partial charge in [-0.25, -0.2) is 4.79 Å². The summed E-state index contributed by atoms with van der Waals surface area (Å²) in [4.78, 5) is 17.9. The van der Waals surface area contributed by atoms with Crippen molar-refractivity contribution < 1.29 is 9.63 Å². The van der Waals surface area contributed by atoms with Gasteiger partial charge in [0.15, 0.2) is 0 Å². The van der Waals surface area contributed by atoms with E-state index in [1.807, 2.05) is 13.8 Å². The fourth-order valence-electron chi connectivity index (χ4n) is 1.50. The molecule has 1 aliphatic rings. The van der Waals surface area contributed by atoms with E-state index in [4.69, 9.17) is 4.84 Å². The smallest absolute Gasteiger partial charge is 0.320 e. The van der Waals surface area contributed by atoms with E-state index >= 15 is 0 Å². The van der Waals surface area contributed by atoms with Gasteiger partial charge in [0.2, 0.25) is 0 Å². The topological polar surface area (TPSA) is 53.9 Å². The maximum Gasteiger partial charge on any atom is 0.433 e. The van der Waals surface area contributed by atoms with E-state index in [1.165, 1.54) is 0 Å². The summed E-state index contributed by atoms with van der Waals surface area (Å²) in [6, 6.07) is 0. The number of rotatable bonds is 3. The van der Waals surface area contributed by atoms with Crippen LogP contribution in [0.2, 0.25) is 0 Å². The molecule has 16 heavy (non-hydrogen) atoms. The number of amides is 1. The molecule has 5 heteroatoms. The lowest BCUT2D eigenvalue weighted by atomic mass is 10.1. The fourth-order valence-corrected chi connectivity index (χ4v) is 1.50. The summed E-state index contributed by atoms with van der Waals surface area (Å²) in [6.07, 6.45) is 2.64. The minimum Gasteiger partial charge on any atom is -0.320 e. The quantitative estimate of drug-likeness (QED) is 0.448. The van der Waals surface area contributed by atoms with Crippen LogP contribution >= 0.6 is 0 Å². The molecule has 1 aliphatic heterocycles. The SMILES string of the molecule is CCNC(=O)ON=C(C)C1=CCCN(C)C1. The molecule has 90 valence electrons. The van der Waals surface area contributed by atoms with Crippen molar-refractivity contribution in [2.75, 3.05) is 26.7 Å². The van der Waals surface area contributed by atoms with Crippen LogP contribution in [0.5, 0.6) is 0 Å². The molecule has 0 aromatic carbocycles. The van der Waals surface area contributed by atoms with Gasteiger partial charge in [0.1, 0.15) is 0 Å². The van der Waals surface area contributed by atoms with Gasteiger partial charge < -0.3 is 10.2 Å². The molecular weight excluding hydrogens is 206 g/mol. The zero-order valence-electron chi connectivity index (χ0n) is 10.1. The van der Waals surface area contributed by atoms with Gasteiger partial charge in [-0.1, -0.05) is 11.2 Å². The van der Waals surface area contributed by atoms with E-state index in [-0.39, 0.29) is 0 Å². The standard InChI is InChI=1S/C11H19N3O2/c1-4-12-11(15)16-13-9(2)10-6-5-7-14(3)8-10/h6H,4-5,7-8H2,1-3H3,(H,12,15). The van der Waals surface area contributed by atoms with Gasteiger partial charge in [0.25, 0.3) is 0 Å². The van der Waals surface area contributed by atoms with Gasteiger partial charge in [-0.05, 0) is 32.9 Å². The molecule has 1 rings (SSSR count). The molecular formula is C11H19N3O2. The number of hydrogen-bond donors (Lipinski definition) is 1. The Hall–Kier alpha value is -1.36. The van der Waals surface area contributed by atoms with E-state index in [1.54, 1.807) is 0 Å². The first-order valence-corrected chi connectivity index (χ1v) is 5.51. The normalized spacial score (nSPS) is 17.9. The molecule has 0 saturated carbocycles. The van der Waals surface area contributed by atoms with Crippen molar-refractivity contribution in [1.29, 1.82) is 0 Å². The van der Waals surface area contributed by atoms with E-state index in [2.05, 4.69) is 28.5 Å². The summed E-state index contributed by atoms with van der Waals surface area (Å²) in [5, 5.41) is 6.32. The third-order valence-corrected chi connectivity index (χ3v) is 2.39. The average molecular weight is 225 g/mol. The first-order valence-electron chi connectivity index (χ1n) is 5.51. The van der Waals surface area contributed by atoms with E-state index in [9.17, 15) is 4.79 Å². The Morgan fingerprint density at radius 1 is 1.69 bits per heavy atom. The number of likely N-dealkylation sites (N-methyl/N-ethyl adjacent to an activating group) is 1. The minimum absolute atomic E-state index is 0.508. The van der Waals surface area contributed by atoms with Crippen molar-refractivity contribution in [1.82, 2.24) is 10.2 Å². The van der Waals surface area contributed by atoms with Crippen molar-refractivity contribution in [2.45, 2.75) is 20.3 Å². The van der Waals surface area contributed by atoms with Gasteiger partial charge >= 0.3 is 6.09 Å². The summed E-state index contributed by atoms with van der Waals surface area (Å²) in [5.41, 5.74) is 1.89. The zero-order valence-corrected chi connectivity index (χ0v) is 10.1. The lowest BCUT2D eigenvalue weighted by molar-refractivity contribution is 0.151. The molecule has 1 heterocycles. The van der Waals surface area contributed by atoms with Crippen LogP contribution in [0.3, 0.4) is 0 Å². The summed E-state index contributed by atoms with van der Waals surface area (Å²) in [6.45, 7) is 6.14. The maximum atomic E-state index is 11.0. The van der Waals surface area contributed by atoms with Crippen LogP contribution in [-0.2, 0) is 4.84 Å². The molecule has 0 aromatic rings. The van der Waals surface area contributed by atoms with E-state index in [0.717, 1.165) is 30.8 Å². The Labute approximate surface area is 96.1 Å². The lowest BCUT2D eigenvalue weighted by Gasteiger charge is -2.22. The van der Waals surface area contributed by atoms with Crippen molar-refractivity contribution in [3.63, 3.8) is 0 Å². The molecule has 1 amide bonds. The van der Waals surface area contributed by atoms with Gasteiger partial charge in [-0.2, -0.15) is 0 Å². The Bertz CT molecular complexity index is 310. The van der Waals surface area contributed by atoms with Crippen LogP contribution in [-0.4, -0.2) is 43.4 Å². The van der Waals surface area contributed by atoms with E-state index in [0.29, 0.717) is 6.54 Å². The van der Waals surface area contributed by atoms with Crippen molar-refractivity contribution >= 4 is 11.8 Å². The van der Waals surface area contributed by atoms with Crippen LogP contribution in [0.15, 0.2) is 16.8 Å². The van der Waals surface area contributed by atoms with Crippen molar-refractivity contribution in [3.8, 4) is 0 Å². The molecule has 5 nitrogen and oxygen atoms in total. The Morgan fingerprint density at radius 3 is 3.06 bits per heavy atom. The summed E-state index contributed by atoms with van der Waals surface area (Å²) in [7, 11) is 2.06. The molecule has 0 aromatic heterocycles. The van der Waals surface area contributed by atoms with Gasteiger partial charge in [0, 0.05) is 19.6 Å². The van der Waals surface area contributed by atoms with Gasteiger partial charge in [-0.3, -0.25) is 4.84 Å². The molecule has 0 aliphatic carbocycles. The second kappa shape index (κ2) is 6.27. The third-order valence-electron chi connectivity index (χ3n) is 2.39. The van der Waals surface area contributed by atoms with E-state index < -0.39 is 6.09 Å². The highest BCUT2D eigenvalue weighted by Crippen LogP contribution is 2.09. The van der Waals surface area contributed by atoms with Gasteiger partial charge in [-0.15, -0.1) is 0 Å². The van der Waals surface area contributed by atoms with Crippen molar-refractivity contribution in [2.24, 2.45) is 5.16 Å². The highest BCUT2D eigenvalue weighted by atomic mass is 16.7. The second-order valence-corrected chi connectivity index (χ2v) is 3.84. The predicted molar refractivity (Wildman–Crippen MR) is 63.5 cm³/mol. The largest absolute Gasteiger partial charge is 0.433 e. The Balaban J connectivity index is 2.49. The Morgan fingerprint density at radius 2 is 2.44 bits per heavy atom. The van der Waals surface area contributed by atoms with Crippen molar-refractivity contribution in [3.05, 3.63) is 11.6 Å². The van der Waals surface area contributed by atoms with Crippen LogP contribution in [0, 0.1) is 0 Å². The highest BCUT2D eigenvalue weighted by Gasteiger charge is 2.11. The van der Waals surface area contributed by atoms with Crippen LogP contribution in [0.25, 0.3) is 0 Å². The number of hydrogen-bond acceptors (Lipinski definition) is 4. The highest BCUT2D eigenvalue weighted by molar-refractivity contribution is 5.98. The predicted octanol–water partition coefficient (Wildman–Crippen LogP) is 1.37. The lowest BCUT2D eigenvalue weighted by Crippen LogP contribution is -2.28. The number of carbonyl (C=O) groups is 1. The zero-order chi connectivity index (χ0) is 12.0. The fraction of sp³-hybridized carbons (Fsp3) is 0.636. The molecule has 0 atom stereocenters. The van der Waals surface area contributed by atoms with Gasteiger partial charge in [0.05, 0.1) is 5.71 Å². The summed E-state index contributed by atoms with van der Waals surface area (Å²) >= 11 is 0. The summed E-state index contributed by atoms with van der Waals surface area (Å²) in [5.74, 6) is 0. The number of oxime groups is 1. The molecule has 0 spiro atoms. The average Bonchev–Trinajstić information content (AvgIpc) is 2.26. The monoisotopic (exact) mass is 225 g/mol. The second-order valence-electron chi connectivity index (χ2n) is 3.84. The van der Waals surface area contributed by atoms with Crippen LogP contribution in [0.4, 0.5) is 4.79 Å². The number of nitrogens with zero attached hydrogens (tertiary/aromatic N) is 2. The molecule has 0 unspecified atom stereocenters. The first-order chi connectivity index (χ1) is 7.63.